The van der Waals surface area contributed by atoms with E-state index in [1.165, 1.54) is 18.2 Å². The molecule has 0 bridgehead atoms. The Morgan fingerprint density at radius 3 is 2.62 bits per heavy atom. The quantitative estimate of drug-likeness (QED) is 0.489. The first kappa shape index (κ1) is 18.7. The van der Waals surface area contributed by atoms with Crippen LogP contribution in [0, 0.1) is 28.4 Å². The van der Waals surface area contributed by atoms with Gasteiger partial charge in [0.2, 0.25) is 5.91 Å². The highest BCUT2D eigenvalue weighted by Crippen LogP contribution is 2.22. The first-order chi connectivity index (χ1) is 12.4. The second-order valence-corrected chi connectivity index (χ2v) is 5.74. The van der Waals surface area contributed by atoms with Crippen molar-refractivity contribution in [3.63, 3.8) is 0 Å². The molecule has 0 saturated heterocycles. The van der Waals surface area contributed by atoms with E-state index in [2.05, 4.69) is 5.32 Å². The van der Waals surface area contributed by atoms with Crippen molar-refractivity contribution < 1.29 is 9.72 Å². The smallest absolute Gasteiger partial charge is 0.270 e. The molecule has 1 N–H and O–H groups in total. The number of aryl methyl sites for hydroxylation is 1. The van der Waals surface area contributed by atoms with E-state index in [9.17, 15) is 14.9 Å². The van der Waals surface area contributed by atoms with Crippen molar-refractivity contribution in [1.82, 2.24) is 4.90 Å². The molecule has 0 saturated carbocycles. The van der Waals surface area contributed by atoms with Crippen molar-refractivity contribution in [1.29, 1.82) is 5.26 Å². The maximum absolute atomic E-state index is 12.3. The molecule has 26 heavy (non-hydrogen) atoms. The van der Waals surface area contributed by atoms with Crippen molar-refractivity contribution in [2.24, 2.45) is 0 Å². The molecular formula is C19H18N4O3. The lowest BCUT2D eigenvalue weighted by Crippen LogP contribution is -2.29. The minimum Gasteiger partial charge on any atom is -0.364 e. The van der Waals surface area contributed by atoms with E-state index in [1.807, 2.05) is 25.1 Å². The first-order valence-corrected chi connectivity index (χ1v) is 7.83. The normalized spacial score (nSPS) is 10.7. The van der Waals surface area contributed by atoms with Crippen LogP contribution < -0.4 is 5.32 Å². The van der Waals surface area contributed by atoms with Crippen molar-refractivity contribution in [3.05, 3.63) is 75.8 Å². The number of nitro groups is 1. The molecular weight excluding hydrogens is 332 g/mol. The van der Waals surface area contributed by atoms with Gasteiger partial charge in [0, 0.05) is 36.5 Å². The monoisotopic (exact) mass is 350 g/mol. The molecule has 7 heteroatoms. The maximum atomic E-state index is 12.3. The highest BCUT2D eigenvalue weighted by Gasteiger charge is 2.15. The molecule has 0 aliphatic carbocycles. The fraction of sp³-hybridized carbons (Fsp3) is 0.158. The number of hydrogen-bond acceptors (Lipinski definition) is 5. The summed E-state index contributed by atoms with van der Waals surface area (Å²) in [6.45, 7) is 1.95. The summed E-state index contributed by atoms with van der Waals surface area (Å²) in [5.74, 6) is -0.259. The molecule has 0 spiro atoms. The number of carbonyl (C=O) groups is 1. The van der Waals surface area contributed by atoms with E-state index in [4.69, 9.17) is 5.26 Å². The number of non-ortho nitro benzene ring substituents is 1. The number of benzene rings is 2. The summed E-state index contributed by atoms with van der Waals surface area (Å²) in [7, 11) is 1.65. The van der Waals surface area contributed by atoms with Gasteiger partial charge in [0.25, 0.3) is 5.69 Å². The van der Waals surface area contributed by atoms with Crippen LogP contribution in [0.4, 0.5) is 11.4 Å². The second kappa shape index (κ2) is 8.44. The molecule has 0 heterocycles. The molecule has 132 valence electrons. The molecule has 0 aliphatic heterocycles. The fourth-order valence-corrected chi connectivity index (χ4v) is 2.39. The summed E-state index contributed by atoms with van der Waals surface area (Å²) in [4.78, 5) is 24.3. The highest BCUT2D eigenvalue weighted by molar-refractivity contribution is 5.93. The third-order valence-corrected chi connectivity index (χ3v) is 3.68. The molecule has 1 amide bonds. The van der Waals surface area contributed by atoms with Crippen LogP contribution in [0.5, 0.6) is 0 Å². The number of rotatable bonds is 6. The van der Waals surface area contributed by atoms with E-state index < -0.39 is 4.92 Å². The summed E-state index contributed by atoms with van der Waals surface area (Å²) in [5, 5.41) is 22.8. The standard InChI is InChI=1S/C19H18N4O3/c1-14-6-8-16(9-7-14)21-19(24)13-22(2)18(10-11-20)15-4-3-5-17(12-15)23(25)26/h3-10,12H,13H2,1-2H3,(H,21,24)/b18-10+. The molecule has 0 atom stereocenters. The highest BCUT2D eigenvalue weighted by atomic mass is 16.6. The molecule has 0 aromatic heterocycles. The summed E-state index contributed by atoms with van der Waals surface area (Å²) < 4.78 is 0. The van der Waals surface area contributed by atoms with Crippen LogP contribution in [-0.2, 0) is 4.79 Å². The number of allylic oxidation sites excluding steroid dienone is 1. The fourth-order valence-electron chi connectivity index (χ4n) is 2.39. The van der Waals surface area contributed by atoms with E-state index in [1.54, 1.807) is 36.2 Å². The van der Waals surface area contributed by atoms with Gasteiger partial charge in [-0.15, -0.1) is 0 Å². The topological polar surface area (TPSA) is 99.3 Å². The van der Waals surface area contributed by atoms with Crippen LogP contribution in [0.1, 0.15) is 11.1 Å². The number of carbonyl (C=O) groups excluding carboxylic acids is 1. The SMILES string of the molecule is Cc1ccc(NC(=O)CN(C)/C(=C/C#N)c2cccc([N+](=O)[O-])c2)cc1. The predicted octanol–water partition coefficient (Wildman–Crippen LogP) is 3.34. The second-order valence-electron chi connectivity index (χ2n) is 5.74. The van der Waals surface area contributed by atoms with Crippen LogP contribution in [0.15, 0.2) is 54.6 Å². The molecule has 0 fully saturated rings. The van der Waals surface area contributed by atoms with E-state index in [0.717, 1.165) is 5.56 Å². The molecule has 2 aromatic rings. The minimum absolute atomic E-state index is 0.00984. The molecule has 0 unspecified atom stereocenters. The van der Waals surface area contributed by atoms with Gasteiger partial charge >= 0.3 is 0 Å². The van der Waals surface area contributed by atoms with Crippen molar-refractivity contribution in [2.45, 2.75) is 6.92 Å². The third kappa shape index (κ3) is 4.92. The van der Waals surface area contributed by atoms with Gasteiger partial charge in [0.15, 0.2) is 0 Å². The van der Waals surface area contributed by atoms with Crippen molar-refractivity contribution in [2.75, 3.05) is 18.9 Å². The van der Waals surface area contributed by atoms with Crippen LogP contribution in [0.2, 0.25) is 0 Å². The number of nitrogens with one attached hydrogen (secondary N) is 1. The van der Waals surface area contributed by atoms with Crippen LogP contribution >= 0.6 is 0 Å². The summed E-state index contributed by atoms with van der Waals surface area (Å²) in [6.07, 6.45) is 1.26. The lowest BCUT2D eigenvalue weighted by Gasteiger charge is -2.21. The number of anilines is 1. The van der Waals surface area contributed by atoms with Gasteiger partial charge in [-0.05, 0) is 19.1 Å². The van der Waals surface area contributed by atoms with E-state index >= 15 is 0 Å². The van der Waals surface area contributed by atoms with Crippen LogP contribution in [-0.4, -0.2) is 29.3 Å². The Morgan fingerprint density at radius 1 is 1.31 bits per heavy atom. The molecule has 0 aliphatic rings. The number of likely N-dealkylation sites (N-methyl/N-ethyl adjacent to an activating group) is 1. The van der Waals surface area contributed by atoms with Gasteiger partial charge in [-0.1, -0.05) is 29.8 Å². The first-order valence-electron chi connectivity index (χ1n) is 7.83. The lowest BCUT2D eigenvalue weighted by atomic mass is 10.1. The zero-order chi connectivity index (χ0) is 19.1. The van der Waals surface area contributed by atoms with Gasteiger partial charge < -0.3 is 10.2 Å². The molecule has 0 radical (unpaired) electrons. The Bertz CT molecular complexity index is 882. The van der Waals surface area contributed by atoms with Gasteiger partial charge in [-0.2, -0.15) is 5.26 Å². The summed E-state index contributed by atoms with van der Waals surface area (Å²) in [6, 6.07) is 15.3. The Labute approximate surface area is 151 Å². The number of nitro benzene ring substituents is 1. The Balaban J connectivity index is 2.14. The van der Waals surface area contributed by atoms with E-state index in [-0.39, 0.29) is 18.1 Å². The minimum atomic E-state index is -0.502. The van der Waals surface area contributed by atoms with Gasteiger partial charge in [-0.25, -0.2) is 0 Å². The van der Waals surface area contributed by atoms with Gasteiger partial charge in [0.1, 0.15) is 0 Å². The number of nitriles is 1. The zero-order valence-corrected chi connectivity index (χ0v) is 14.5. The van der Waals surface area contributed by atoms with Crippen LogP contribution in [0.3, 0.4) is 0 Å². The number of nitrogens with zero attached hydrogens (tertiary/aromatic N) is 3. The molecule has 2 aromatic carbocycles. The number of hydrogen-bond donors (Lipinski definition) is 1. The average molecular weight is 350 g/mol. The third-order valence-electron chi connectivity index (χ3n) is 3.68. The maximum Gasteiger partial charge on any atom is 0.270 e. The predicted molar refractivity (Wildman–Crippen MR) is 99.1 cm³/mol. The largest absolute Gasteiger partial charge is 0.364 e. The Morgan fingerprint density at radius 2 is 2.00 bits per heavy atom. The Kier molecular flexibility index (Phi) is 6.06. The van der Waals surface area contributed by atoms with Crippen molar-refractivity contribution in [3.8, 4) is 6.07 Å². The van der Waals surface area contributed by atoms with Gasteiger partial charge in [-0.3, -0.25) is 14.9 Å². The zero-order valence-electron chi connectivity index (χ0n) is 14.5. The number of amides is 1. The summed E-state index contributed by atoms with van der Waals surface area (Å²) in [5.41, 5.74) is 2.60. The molecule has 2 rings (SSSR count). The van der Waals surface area contributed by atoms with Gasteiger partial charge in [0.05, 0.1) is 23.2 Å². The lowest BCUT2D eigenvalue weighted by molar-refractivity contribution is -0.384. The van der Waals surface area contributed by atoms with Crippen LogP contribution in [0.25, 0.3) is 5.70 Å². The average Bonchev–Trinajstić information content (AvgIpc) is 2.61. The summed E-state index contributed by atoms with van der Waals surface area (Å²) >= 11 is 0. The Hall–Kier alpha value is -3.66. The van der Waals surface area contributed by atoms with Crippen molar-refractivity contribution >= 4 is 23.0 Å². The van der Waals surface area contributed by atoms with E-state index in [0.29, 0.717) is 16.9 Å². The molecule has 7 nitrogen and oxygen atoms in total.